The molecule has 0 saturated heterocycles. The molecule has 0 saturated carbocycles. The fourth-order valence-electron chi connectivity index (χ4n) is 0.950. The van der Waals surface area contributed by atoms with E-state index in [1.165, 1.54) is 12.3 Å². The first kappa shape index (κ1) is 11.7. The van der Waals surface area contributed by atoms with Crippen molar-refractivity contribution < 1.29 is 8.78 Å². The summed E-state index contributed by atoms with van der Waals surface area (Å²) in [5.74, 6) is 0. The van der Waals surface area contributed by atoms with Crippen molar-refractivity contribution >= 4 is 23.4 Å². The molecule has 1 heterocycles. The Kier molecular flexibility index (Phi) is 3.72. The quantitative estimate of drug-likeness (QED) is 0.742. The van der Waals surface area contributed by atoms with Crippen LogP contribution in [0.4, 0.5) is 8.78 Å². The van der Waals surface area contributed by atoms with Gasteiger partial charge in [-0.25, -0.2) is 0 Å². The normalized spacial score (nSPS) is 14.1. The number of nitrogens with zero attached hydrogens (tertiary/aromatic N) is 1. The molecule has 1 unspecified atom stereocenters. The molecule has 78 valence electrons. The van der Waals surface area contributed by atoms with Crippen molar-refractivity contribution in [3.63, 3.8) is 0 Å². The van der Waals surface area contributed by atoms with Crippen molar-refractivity contribution in [2.24, 2.45) is 0 Å². The Morgan fingerprint density at radius 3 is 2.50 bits per heavy atom. The van der Waals surface area contributed by atoms with E-state index in [1.807, 2.05) is 13.2 Å². The maximum Gasteiger partial charge on any atom is 0.364 e. The third-order valence-corrected chi connectivity index (χ3v) is 3.07. The van der Waals surface area contributed by atoms with Crippen molar-refractivity contribution in [2.45, 2.75) is 17.6 Å². The highest BCUT2D eigenvalue weighted by Gasteiger charge is 2.29. The average Bonchev–Trinajstić information content (AvgIpc) is 2.15. The number of pyridine rings is 1. The Morgan fingerprint density at radius 2 is 2.14 bits per heavy atom. The number of hydrogen-bond donors (Lipinski definition) is 0. The first-order valence-electron chi connectivity index (χ1n) is 4.01. The number of halogens is 3. The Bertz CT molecular complexity index is 297. The Labute approximate surface area is 90.9 Å². The minimum atomic E-state index is -3.37. The number of thioether (sulfide) groups is 1. The van der Waals surface area contributed by atoms with E-state index in [4.69, 9.17) is 11.6 Å². The van der Waals surface area contributed by atoms with E-state index in [0.717, 1.165) is 5.56 Å². The molecule has 0 N–H and O–H groups in total. The molecule has 5 heteroatoms. The fraction of sp³-hybridized carbons (Fsp3) is 0.444. The summed E-state index contributed by atoms with van der Waals surface area (Å²) in [4.78, 5) is 3.62. The van der Waals surface area contributed by atoms with Crippen LogP contribution in [0.5, 0.6) is 0 Å². The van der Waals surface area contributed by atoms with Crippen LogP contribution < -0.4 is 0 Å². The van der Waals surface area contributed by atoms with Crippen LogP contribution in [0.3, 0.4) is 0 Å². The van der Waals surface area contributed by atoms with Gasteiger partial charge in [0.2, 0.25) is 0 Å². The van der Waals surface area contributed by atoms with Crippen molar-refractivity contribution in [2.75, 3.05) is 6.26 Å². The van der Waals surface area contributed by atoms with Crippen molar-refractivity contribution in [3.8, 4) is 0 Å². The zero-order valence-electron chi connectivity index (χ0n) is 7.80. The molecule has 0 fully saturated rings. The smallest absolute Gasteiger partial charge is 0.253 e. The van der Waals surface area contributed by atoms with Gasteiger partial charge in [0.25, 0.3) is 0 Å². The maximum atomic E-state index is 12.6. The molecule has 0 aliphatic carbocycles. The number of aromatic nitrogens is 1. The minimum absolute atomic E-state index is 0.250. The Morgan fingerprint density at radius 1 is 1.50 bits per heavy atom. The van der Waals surface area contributed by atoms with Crippen molar-refractivity contribution in [1.82, 2.24) is 4.98 Å². The summed E-state index contributed by atoms with van der Waals surface area (Å²) in [7, 11) is 0. The van der Waals surface area contributed by atoms with E-state index in [9.17, 15) is 8.78 Å². The van der Waals surface area contributed by atoms with Crippen LogP contribution in [0.25, 0.3) is 0 Å². The summed E-state index contributed by atoms with van der Waals surface area (Å²) in [6.45, 7) is 1.99. The van der Waals surface area contributed by atoms with E-state index in [2.05, 4.69) is 4.98 Å². The standard InChI is InChI=1S/C9H10ClF2NS/c1-6(14-2)7-3-4-8(13-5-7)9(10,11)12/h3-6H,1-2H3. The summed E-state index contributed by atoms with van der Waals surface area (Å²) >= 11 is 6.45. The predicted molar refractivity (Wildman–Crippen MR) is 55.9 cm³/mol. The summed E-state index contributed by atoms with van der Waals surface area (Å²) in [6, 6.07) is 2.88. The van der Waals surface area contributed by atoms with Crippen molar-refractivity contribution in [3.05, 3.63) is 29.6 Å². The van der Waals surface area contributed by atoms with E-state index in [1.54, 1.807) is 17.8 Å². The molecule has 0 spiro atoms. The third kappa shape index (κ3) is 2.82. The molecule has 0 bridgehead atoms. The molecule has 1 nitrogen and oxygen atoms in total. The Balaban J connectivity index is 2.89. The lowest BCUT2D eigenvalue weighted by molar-refractivity contribution is 0.0900. The molecule has 1 rings (SSSR count). The summed E-state index contributed by atoms with van der Waals surface area (Å²) in [5.41, 5.74) is 0.512. The molecule has 0 aliphatic heterocycles. The highest BCUT2D eigenvalue weighted by atomic mass is 35.5. The van der Waals surface area contributed by atoms with Gasteiger partial charge in [0.1, 0.15) is 5.69 Å². The summed E-state index contributed by atoms with van der Waals surface area (Å²) < 4.78 is 25.1. The van der Waals surface area contributed by atoms with E-state index < -0.39 is 11.1 Å². The fourth-order valence-corrected chi connectivity index (χ4v) is 1.47. The number of alkyl halides is 3. The molecular weight excluding hydrogens is 228 g/mol. The second-order valence-corrected chi connectivity index (χ2v) is 4.51. The van der Waals surface area contributed by atoms with Crippen molar-refractivity contribution in [1.29, 1.82) is 0 Å². The highest BCUT2D eigenvalue weighted by molar-refractivity contribution is 7.98. The van der Waals surface area contributed by atoms with Gasteiger partial charge in [0, 0.05) is 11.4 Å². The van der Waals surface area contributed by atoms with Gasteiger partial charge in [-0.05, 0) is 36.4 Å². The van der Waals surface area contributed by atoms with Gasteiger partial charge in [0.15, 0.2) is 0 Å². The van der Waals surface area contributed by atoms with Gasteiger partial charge in [-0.3, -0.25) is 4.98 Å². The first-order valence-corrected chi connectivity index (χ1v) is 5.67. The second kappa shape index (κ2) is 4.45. The first-order chi connectivity index (χ1) is 6.45. The lowest BCUT2D eigenvalue weighted by Gasteiger charge is -2.10. The number of hydrogen-bond acceptors (Lipinski definition) is 2. The molecular formula is C9H10ClF2NS. The van der Waals surface area contributed by atoms with Gasteiger partial charge >= 0.3 is 5.38 Å². The van der Waals surface area contributed by atoms with Crippen LogP contribution in [0, 0.1) is 0 Å². The van der Waals surface area contributed by atoms with Crippen LogP contribution in [0.2, 0.25) is 0 Å². The highest BCUT2D eigenvalue weighted by Crippen LogP contribution is 2.32. The average molecular weight is 238 g/mol. The van der Waals surface area contributed by atoms with Gasteiger partial charge in [-0.2, -0.15) is 20.5 Å². The molecule has 0 amide bonds. The van der Waals surface area contributed by atoms with Crippen LogP contribution in [-0.4, -0.2) is 11.2 Å². The van der Waals surface area contributed by atoms with Crippen LogP contribution in [0.15, 0.2) is 18.3 Å². The van der Waals surface area contributed by atoms with E-state index >= 15 is 0 Å². The topological polar surface area (TPSA) is 12.9 Å². The lowest BCUT2D eigenvalue weighted by atomic mass is 10.2. The van der Waals surface area contributed by atoms with E-state index in [-0.39, 0.29) is 5.25 Å². The molecule has 14 heavy (non-hydrogen) atoms. The van der Waals surface area contributed by atoms with Gasteiger partial charge < -0.3 is 0 Å². The molecule has 0 aliphatic rings. The van der Waals surface area contributed by atoms with E-state index in [0.29, 0.717) is 0 Å². The van der Waals surface area contributed by atoms with Crippen LogP contribution >= 0.6 is 23.4 Å². The third-order valence-electron chi connectivity index (χ3n) is 1.90. The summed E-state index contributed by atoms with van der Waals surface area (Å²) in [6.07, 6.45) is 3.39. The zero-order chi connectivity index (χ0) is 10.8. The number of rotatable bonds is 3. The van der Waals surface area contributed by atoms with Gasteiger partial charge in [0.05, 0.1) is 0 Å². The maximum absolute atomic E-state index is 12.6. The van der Waals surface area contributed by atoms with Crippen LogP contribution in [-0.2, 0) is 5.38 Å². The molecule has 0 radical (unpaired) electrons. The lowest BCUT2D eigenvalue weighted by Crippen LogP contribution is -2.06. The molecule has 1 aromatic rings. The van der Waals surface area contributed by atoms with Gasteiger partial charge in [-0.1, -0.05) is 6.07 Å². The monoisotopic (exact) mass is 237 g/mol. The molecule has 0 aromatic carbocycles. The largest absolute Gasteiger partial charge is 0.364 e. The second-order valence-electron chi connectivity index (χ2n) is 2.85. The SMILES string of the molecule is CSC(C)c1ccc(C(F)(F)Cl)nc1. The molecule has 1 aromatic heterocycles. The summed E-state index contributed by atoms with van der Waals surface area (Å²) in [5, 5.41) is -3.12. The Hall–Kier alpha value is -0.350. The zero-order valence-corrected chi connectivity index (χ0v) is 9.37. The van der Waals surface area contributed by atoms with Crippen LogP contribution in [0.1, 0.15) is 23.4 Å². The van der Waals surface area contributed by atoms with Gasteiger partial charge in [-0.15, -0.1) is 0 Å². The minimum Gasteiger partial charge on any atom is -0.253 e. The molecule has 1 atom stereocenters. The predicted octanol–water partition coefficient (Wildman–Crippen LogP) is 3.79.